The summed E-state index contributed by atoms with van der Waals surface area (Å²) < 4.78 is 13.6. The van der Waals surface area contributed by atoms with Crippen LogP contribution in [-0.4, -0.2) is 47.5 Å². The zero-order chi connectivity index (χ0) is 20.6. The molecular formula is C25H28N4O2. The van der Waals surface area contributed by atoms with E-state index < -0.39 is 0 Å². The van der Waals surface area contributed by atoms with Crippen LogP contribution in [0, 0.1) is 0 Å². The molecule has 1 saturated heterocycles. The van der Waals surface area contributed by atoms with Gasteiger partial charge in [0.25, 0.3) is 0 Å². The average Bonchev–Trinajstić information content (AvgIpc) is 3.43. The van der Waals surface area contributed by atoms with Crippen molar-refractivity contribution in [3.63, 3.8) is 0 Å². The van der Waals surface area contributed by atoms with Gasteiger partial charge in [0.05, 0.1) is 11.4 Å². The molecule has 6 nitrogen and oxygen atoms in total. The Hall–Kier alpha value is -2.99. The first-order valence-corrected chi connectivity index (χ1v) is 11.4. The molecule has 4 heterocycles. The topological polar surface area (TPSA) is 51.6 Å². The van der Waals surface area contributed by atoms with Crippen LogP contribution in [0.5, 0.6) is 11.5 Å². The predicted molar refractivity (Wildman–Crippen MR) is 120 cm³/mol. The number of hydrogen-bond acceptors (Lipinski definition) is 5. The van der Waals surface area contributed by atoms with Gasteiger partial charge in [-0.25, -0.2) is 4.68 Å². The zero-order valence-electron chi connectivity index (χ0n) is 17.7. The fraction of sp³-hybridized carbons (Fsp3) is 0.400. The number of aromatic nitrogens is 2. The molecule has 3 aromatic rings. The SMILES string of the molecule is c1ccc(CN2CCC(c3nn(-c4ccc5c(c4)OCCO5)c4c3CCN4)CC2)cc1. The van der Waals surface area contributed by atoms with Crippen molar-refractivity contribution in [3.05, 3.63) is 65.4 Å². The zero-order valence-corrected chi connectivity index (χ0v) is 17.7. The molecule has 0 amide bonds. The highest BCUT2D eigenvalue weighted by atomic mass is 16.6. The van der Waals surface area contributed by atoms with Crippen molar-refractivity contribution in [2.45, 2.75) is 31.7 Å². The fourth-order valence-corrected chi connectivity index (χ4v) is 5.09. The molecule has 1 fully saturated rings. The molecule has 1 aromatic heterocycles. The lowest BCUT2D eigenvalue weighted by atomic mass is 9.90. The number of rotatable bonds is 4. The minimum atomic E-state index is 0.527. The van der Waals surface area contributed by atoms with Crippen LogP contribution in [0.4, 0.5) is 5.82 Å². The van der Waals surface area contributed by atoms with Crippen LogP contribution in [0.3, 0.4) is 0 Å². The van der Waals surface area contributed by atoms with Crippen LogP contribution in [0.15, 0.2) is 48.5 Å². The molecule has 2 aromatic carbocycles. The van der Waals surface area contributed by atoms with Gasteiger partial charge in [-0.3, -0.25) is 4.90 Å². The van der Waals surface area contributed by atoms with E-state index in [-0.39, 0.29) is 0 Å². The molecule has 0 bridgehead atoms. The third-order valence-corrected chi connectivity index (χ3v) is 6.68. The molecule has 1 N–H and O–H groups in total. The van der Waals surface area contributed by atoms with E-state index in [1.54, 1.807) is 0 Å². The molecule has 0 radical (unpaired) electrons. The number of hydrogen-bond donors (Lipinski definition) is 1. The third-order valence-electron chi connectivity index (χ3n) is 6.68. The van der Waals surface area contributed by atoms with Gasteiger partial charge in [0.2, 0.25) is 0 Å². The summed E-state index contributed by atoms with van der Waals surface area (Å²) in [6.45, 7) is 5.48. The van der Waals surface area contributed by atoms with Gasteiger partial charge in [0.15, 0.2) is 11.5 Å². The van der Waals surface area contributed by atoms with Crippen LogP contribution in [-0.2, 0) is 13.0 Å². The molecule has 0 aliphatic carbocycles. The molecule has 0 atom stereocenters. The van der Waals surface area contributed by atoms with Gasteiger partial charge in [-0.05, 0) is 50.0 Å². The predicted octanol–water partition coefficient (Wildman–Crippen LogP) is 3.99. The van der Waals surface area contributed by atoms with E-state index in [1.807, 2.05) is 12.1 Å². The lowest BCUT2D eigenvalue weighted by Crippen LogP contribution is -2.32. The second kappa shape index (κ2) is 7.93. The van der Waals surface area contributed by atoms with Crippen molar-refractivity contribution in [3.8, 4) is 17.2 Å². The first-order chi connectivity index (χ1) is 15.3. The van der Waals surface area contributed by atoms with Gasteiger partial charge in [-0.15, -0.1) is 0 Å². The van der Waals surface area contributed by atoms with Crippen molar-refractivity contribution in [2.24, 2.45) is 0 Å². The first kappa shape index (κ1) is 18.8. The number of ether oxygens (including phenoxy) is 2. The highest BCUT2D eigenvalue weighted by Crippen LogP contribution is 2.39. The van der Waals surface area contributed by atoms with Crippen molar-refractivity contribution in [2.75, 3.05) is 38.2 Å². The van der Waals surface area contributed by atoms with Crippen LogP contribution in [0.25, 0.3) is 5.69 Å². The molecule has 0 saturated carbocycles. The van der Waals surface area contributed by atoms with Crippen molar-refractivity contribution in [1.82, 2.24) is 14.7 Å². The fourth-order valence-electron chi connectivity index (χ4n) is 5.09. The smallest absolute Gasteiger partial charge is 0.163 e. The Bertz CT molecular complexity index is 1070. The summed E-state index contributed by atoms with van der Waals surface area (Å²) in [6, 6.07) is 16.9. The number of anilines is 1. The molecular weight excluding hydrogens is 388 g/mol. The van der Waals surface area contributed by atoms with E-state index in [4.69, 9.17) is 14.6 Å². The first-order valence-electron chi connectivity index (χ1n) is 11.4. The molecule has 0 unspecified atom stereocenters. The molecule has 160 valence electrons. The highest BCUT2D eigenvalue weighted by molar-refractivity contribution is 5.60. The number of piperidine rings is 1. The number of fused-ring (bicyclic) bond motifs is 2. The average molecular weight is 417 g/mol. The summed E-state index contributed by atoms with van der Waals surface area (Å²) in [6.07, 6.45) is 3.38. The quantitative estimate of drug-likeness (QED) is 0.697. The summed E-state index contributed by atoms with van der Waals surface area (Å²) in [5.41, 5.74) is 5.11. The van der Waals surface area contributed by atoms with Gasteiger partial charge in [0.1, 0.15) is 19.0 Å². The molecule has 3 aliphatic rings. The van der Waals surface area contributed by atoms with Crippen molar-refractivity contribution < 1.29 is 9.47 Å². The van der Waals surface area contributed by atoms with E-state index in [0.29, 0.717) is 19.1 Å². The maximum absolute atomic E-state index is 5.80. The van der Waals surface area contributed by atoms with E-state index in [1.165, 1.54) is 16.8 Å². The highest BCUT2D eigenvalue weighted by Gasteiger charge is 2.30. The maximum atomic E-state index is 5.80. The second-order valence-corrected chi connectivity index (χ2v) is 8.66. The second-order valence-electron chi connectivity index (χ2n) is 8.66. The number of nitrogens with zero attached hydrogens (tertiary/aromatic N) is 3. The molecule has 31 heavy (non-hydrogen) atoms. The molecule has 6 rings (SSSR count). The number of benzene rings is 2. The lowest BCUT2D eigenvalue weighted by molar-refractivity contribution is 0.171. The third kappa shape index (κ3) is 3.55. The summed E-state index contributed by atoms with van der Waals surface area (Å²) in [5.74, 6) is 3.30. The Labute approximate surface area is 182 Å². The Balaban J connectivity index is 1.22. The van der Waals surface area contributed by atoms with Crippen LogP contribution < -0.4 is 14.8 Å². The van der Waals surface area contributed by atoms with Crippen LogP contribution in [0.1, 0.15) is 35.6 Å². The molecule has 0 spiro atoms. The summed E-state index contributed by atoms with van der Waals surface area (Å²) in [4.78, 5) is 2.57. The largest absolute Gasteiger partial charge is 0.486 e. The minimum Gasteiger partial charge on any atom is -0.486 e. The summed E-state index contributed by atoms with van der Waals surface area (Å²) in [5, 5.41) is 8.69. The van der Waals surface area contributed by atoms with E-state index >= 15 is 0 Å². The summed E-state index contributed by atoms with van der Waals surface area (Å²) in [7, 11) is 0. The van der Waals surface area contributed by atoms with Crippen LogP contribution in [0.2, 0.25) is 0 Å². The maximum Gasteiger partial charge on any atom is 0.163 e. The summed E-state index contributed by atoms with van der Waals surface area (Å²) >= 11 is 0. The van der Waals surface area contributed by atoms with Gasteiger partial charge in [0, 0.05) is 30.6 Å². The lowest BCUT2D eigenvalue weighted by Gasteiger charge is -2.31. The minimum absolute atomic E-state index is 0.527. The van der Waals surface area contributed by atoms with Gasteiger partial charge in [-0.1, -0.05) is 30.3 Å². The Morgan fingerprint density at radius 1 is 0.968 bits per heavy atom. The van der Waals surface area contributed by atoms with E-state index in [2.05, 4.69) is 51.3 Å². The standard InChI is InChI=1S/C25H28N4O2/c1-2-4-18(5-3-1)17-28-12-9-19(10-13-28)24-21-8-11-26-25(21)29(27-24)20-6-7-22-23(16-20)31-15-14-30-22/h1-7,16,19,26H,8-15,17H2. The van der Waals surface area contributed by atoms with Gasteiger partial charge >= 0.3 is 0 Å². The monoisotopic (exact) mass is 416 g/mol. The number of likely N-dealkylation sites (tertiary alicyclic amines) is 1. The van der Waals surface area contributed by atoms with Gasteiger partial charge in [-0.2, -0.15) is 5.10 Å². The molecule has 3 aliphatic heterocycles. The Kier molecular flexibility index (Phi) is 4.80. The Morgan fingerprint density at radius 2 is 1.77 bits per heavy atom. The normalized spacial score (nSPS) is 18.6. The Morgan fingerprint density at radius 3 is 2.61 bits per heavy atom. The van der Waals surface area contributed by atoms with Gasteiger partial charge < -0.3 is 14.8 Å². The van der Waals surface area contributed by atoms with Crippen molar-refractivity contribution >= 4 is 5.82 Å². The van der Waals surface area contributed by atoms with Crippen molar-refractivity contribution in [1.29, 1.82) is 0 Å². The van der Waals surface area contributed by atoms with Crippen LogP contribution >= 0.6 is 0 Å². The molecule has 6 heteroatoms. The van der Waals surface area contributed by atoms with E-state index in [0.717, 1.165) is 68.4 Å². The van der Waals surface area contributed by atoms with E-state index in [9.17, 15) is 0 Å². The number of nitrogens with one attached hydrogen (secondary N) is 1.